The molecule has 0 unspecified atom stereocenters. The molecule has 1 aliphatic rings. The van der Waals surface area contributed by atoms with E-state index in [1.807, 2.05) is 53.5 Å². The first-order valence-electron chi connectivity index (χ1n) is 8.12. The fourth-order valence-electron chi connectivity index (χ4n) is 2.78. The lowest BCUT2D eigenvalue weighted by molar-refractivity contribution is 0.0792. The third-order valence-corrected chi connectivity index (χ3v) is 3.98. The van der Waals surface area contributed by atoms with Crippen LogP contribution in [0.25, 0.3) is 6.08 Å². The van der Waals surface area contributed by atoms with E-state index in [0.29, 0.717) is 0 Å². The highest BCUT2D eigenvalue weighted by Crippen LogP contribution is 2.14. The van der Waals surface area contributed by atoms with E-state index in [9.17, 15) is 4.79 Å². The highest BCUT2D eigenvalue weighted by Gasteiger charge is 2.19. The molecule has 0 saturated carbocycles. The molecule has 1 fully saturated rings. The molecule has 4 heteroatoms. The zero-order valence-electron chi connectivity index (χ0n) is 13.2. The van der Waals surface area contributed by atoms with Gasteiger partial charge in [-0.15, -0.1) is 0 Å². The molecule has 0 bridgehead atoms. The maximum atomic E-state index is 12.4. The van der Waals surface area contributed by atoms with Gasteiger partial charge in [0.1, 0.15) is 5.76 Å². The summed E-state index contributed by atoms with van der Waals surface area (Å²) < 4.78 is 5.23. The topological polar surface area (TPSA) is 45.5 Å². The minimum atomic E-state index is 0.155. The second kappa shape index (κ2) is 7.79. The third-order valence-electron chi connectivity index (χ3n) is 3.98. The average molecular weight is 310 g/mol. The minimum Gasteiger partial charge on any atom is -0.465 e. The van der Waals surface area contributed by atoms with Gasteiger partial charge in [-0.3, -0.25) is 4.79 Å². The Morgan fingerprint density at radius 2 is 2.09 bits per heavy atom. The van der Waals surface area contributed by atoms with E-state index in [4.69, 9.17) is 4.42 Å². The second-order valence-electron chi connectivity index (χ2n) is 5.75. The van der Waals surface area contributed by atoms with Gasteiger partial charge in [0.2, 0.25) is 0 Å². The quantitative estimate of drug-likeness (QED) is 0.833. The lowest BCUT2D eigenvalue weighted by atomic mass is 10.1. The van der Waals surface area contributed by atoms with E-state index in [0.717, 1.165) is 55.9 Å². The second-order valence-corrected chi connectivity index (χ2v) is 5.75. The molecule has 1 amide bonds. The van der Waals surface area contributed by atoms with E-state index in [2.05, 4.69) is 5.32 Å². The van der Waals surface area contributed by atoms with E-state index in [1.54, 1.807) is 6.26 Å². The number of nitrogens with one attached hydrogen (secondary N) is 1. The number of furan rings is 1. The summed E-state index contributed by atoms with van der Waals surface area (Å²) in [5, 5.41) is 3.35. The number of nitrogens with zero attached hydrogens (tertiary/aromatic N) is 1. The highest BCUT2D eigenvalue weighted by molar-refractivity contribution is 5.94. The van der Waals surface area contributed by atoms with E-state index in [-0.39, 0.29) is 5.91 Å². The van der Waals surface area contributed by atoms with Crippen molar-refractivity contribution in [3.05, 3.63) is 65.6 Å². The van der Waals surface area contributed by atoms with Gasteiger partial charge in [0.25, 0.3) is 5.91 Å². The van der Waals surface area contributed by atoms with Crippen LogP contribution in [0.3, 0.4) is 0 Å². The van der Waals surface area contributed by atoms with Gasteiger partial charge in [0.15, 0.2) is 0 Å². The Balaban J connectivity index is 1.50. The molecule has 0 spiro atoms. The monoisotopic (exact) mass is 310 g/mol. The highest BCUT2D eigenvalue weighted by atomic mass is 16.3. The fourth-order valence-corrected chi connectivity index (χ4v) is 2.78. The number of benzene rings is 1. The molecule has 2 aromatic rings. The first kappa shape index (κ1) is 15.6. The Morgan fingerprint density at radius 3 is 2.87 bits per heavy atom. The van der Waals surface area contributed by atoms with Crippen LogP contribution in [0.2, 0.25) is 0 Å². The fraction of sp³-hybridized carbons (Fsp3) is 0.316. The molecule has 1 aliphatic heterocycles. The molecule has 4 nitrogen and oxygen atoms in total. The minimum absolute atomic E-state index is 0.155. The molecular weight excluding hydrogens is 288 g/mol. The number of likely N-dealkylation sites (tertiary alicyclic amines) is 1. The molecule has 1 saturated heterocycles. The number of carbonyl (C=O) groups is 1. The van der Waals surface area contributed by atoms with Crippen LogP contribution in [0.15, 0.2) is 53.2 Å². The first-order chi connectivity index (χ1) is 11.3. The summed E-state index contributed by atoms with van der Waals surface area (Å²) in [6.45, 7) is 3.27. The zero-order chi connectivity index (χ0) is 15.9. The van der Waals surface area contributed by atoms with Crippen molar-refractivity contribution in [1.82, 2.24) is 10.2 Å². The van der Waals surface area contributed by atoms with Crippen LogP contribution >= 0.6 is 0 Å². The zero-order valence-corrected chi connectivity index (χ0v) is 13.2. The van der Waals surface area contributed by atoms with Crippen LogP contribution in [-0.2, 0) is 6.54 Å². The number of rotatable bonds is 6. The molecule has 120 valence electrons. The molecule has 1 aromatic carbocycles. The van der Waals surface area contributed by atoms with Gasteiger partial charge in [0.05, 0.1) is 6.26 Å². The summed E-state index contributed by atoms with van der Waals surface area (Å²) in [6.07, 6.45) is 7.87. The van der Waals surface area contributed by atoms with E-state index in [1.165, 1.54) is 0 Å². The smallest absolute Gasteiger partial charge is 0.253 e. The SMILES string of the molecule is O=C(c1cccc(CNC/C=C/c2ccco2)c1)N1CCCC1. The van der Waals surface area contributed by atoms with E-state index < -0.39 is 0 Å². The third kappa shape index (κ3) is 4.33. The van der Waals surface area contributed by atoms with Gasteiger partial charge in [0, 0.05) is 31.7 Å². The van der Waals surface area contributed by atoms with E-state index >= 15 is 0 Å². The number of carbonyl (C=O) groups excluding carboxylic acids is 1. The Bertz CT molecular complexity index is 656. The molecule has 2 heterocycles. The van der Waals surface area contributed by atoms with Crippen LogP contribution in [0, 0.1) is 0 Å². The predicted octanol–water partition coefficient (Wildman–Crippen LogP) is 3.32. The molecular formula is C19H22N2O2. The van der Waals surface area contributed by atoms with Crippen LogP contribution < -0.4 is 5.32 Å². The van der Waals surface area contributed by atoms with Crippen LogP contribution in [-0.4, -0.2) is 30.4 Å². The molecule has 0 radical (unpaired) electrons. The summed E-state index contributed by atoms with van der Waals surface area (Å²) in [4.78, 5) is 14.3. The Morgan fingerprint density at radius 1 is 1.22 bits per heavy atom. The molecule has 0 atom stereocenters. The van der Waals surface area contributed by atoms with Crippen molar-refractivity contribution >= 4 is 12.0 Å². The summed E-state index contributed by atoms with van der Waals surface area (Å²) in [7, 11) is 0. The predicted molar refractivity (Wildman–Crippen MR) is 91.0 cm³/mol. The van der Waals surface area contributed by atoms with Crippen molar-refractivity contribution in [2.75, 3.05) is 19.6 Å². The van der Waals surface area contributed by atoms with Gasteiger partial charge in [-0.05, 0) is 48.7 Å². The molecule has 23 heavy (non-hydrogen) atoms. The van der Waals surface area contributed by atoms with Gasteiger partial charge < -0.3 is 14.6 Å². The number of hydrogen-bond donors (Lipinski definition) is 1. The van der Waals surface area contributed by atoms with Crippen LogP contribution in [0.5, 0.6) is 0 Å². The van der Waals surface area contributed by atoms with Crippen molar-refractivity contribution in [2.24, 2.45) is 0 Å². The lowest BCUT2D eigenvalue weighted by Gasteiger charge is -2.15. The lowest BCUT2D eigenvalue weighted by Crippen LogP contribution is -2.27. The Labute approximate surface area is 136 Å². The molecule has 1 N–H and O–H groups in total. The summed E-state index contributed by atoms with van der Waals surface area (Å²) in [5.74, 6) is 1.01. The summed E-state index contributed by atoms with van der Waals surface area (Å²) in [5.41, 5.74) is 1.92. The van der Waals surface area contributed by atoms with Crippen molar-refractivity contribution in [3.8, 4) is 0 Å². The van der Waals surface area contributed by atoms with Gasteiger partial charge >= 0.3 is 0 Å². The maximum absolute atomic E-state index is 12.4. The normalized spacial score (nSPS) is 14.7. The number of hydrogen-bond acceptors (Lipinski definition) is 3. The van der Waals surface area contributed by atoms with Crippen molar-refractivity contribution in [2.45, 2.75) is 19.4 Å². The number of amides is 1. The van der Waals surface area contributed by atoms with Crippen molar-refractivity contribution in [1.29, 1.82) is 0 Å². The summed E-state index contributed by atoms with van der Waals surface area (Å²) >= 11 is 0. The molecule has 1 aromatic heterocycles. The van der Waals surface area contributed by atoms with Gasteiger partial charge in [-0.25, -0.2) is 0 Å². The standard InChI is InChI=1S/C19H22N2O2/c22-19(21-11-1-2-12-21)17-7-3-6-16(14-17)15-20-10-4-8-18-9-5-13-23-18/h3-9,13-14,20H,1-2,10-12,15H2/b8-4+. The molecule has 0 aliphatic carbocycles. The Hall–Kier alpha value is -2.33. The maximum Gasteiger partial charge on any atom is 0.253 e. The molecule has 3 rings (SSSR count). The van der Waals surface area contributed by atoms with Gasteiger partial charge in [-0.1, -0.05) is 18.2 Å². The van der Waals surface area contributed by atoms with Crippen molar-refractivity contribution in [3.63, 3.8) is 0 Å². The Kier molecular flexibility index (Phi) is 5.27. The summed E-state index contributed by atoms with van der Waals surface area (Å²) in [6, 6.07) is 11.7. The van der Waals surface area contributed by atoms with Crippen LogP contribution in [0.4, 0.5) is 0 Å². The van der Waals surface area contributed by atoms with Crippen molar-refractivity contribution < 1.29 is 9.21 Å². The first-order valence-corrected chi connectivity index (χ1v) is 8.12. The largest absolute Gasteiger partial charge is 0.465 e. The van der Waals surface area contributed by atoms with Crippen LogP contribution in [0.1, 0.15) is 34.5 Å². The van der Waals surface area contributed by atoms with Gasteiger partial charge in [-0.2, -0.15) is 0 Å². The average Bonchev–Trinajstić information content (AvgIpc) is 3.28.